The van der Waals surface area contributed by atoms with Crippen LogP contribution in [-0.2, 0) is 0 Å². The van der Waals surface area contributed by atoms with Crippen molar-refractivity contribution in [2.75, 3.05) is 19.0 Å². The van der Waals surface area contributed by atoms with Crippen LogP contribution in [0.4, 0.5) is 13.2 Å². The maximum Gasteiger partial charge on any atom is 0.389 e. The molecule has 1 N–H and O–H groups in total. The van der Waals surface area contributed by atoms with Gasteiger partial charge in [-0.15, -0.1) is 11.6 Å². The molecule has 0 rings (SSSR count). The average Bonchev–Trinajstić information content (AvgIpc) is 2.08. The second kappa shape index (κ2) is 8.36. The highest BCUT2D eigenvalue weighted by Crippen LogP contribution is 2.20. The molecule has 0 aromatic heterocycles. The topological polar surface area (TPSA) is 12.0 Å². The Bertz CT molecular complexity index is 128. The molecule has 0 saturated heterocycles. The molecule has 1 nitrogen and oxygen atoms in total. The van der Waals surface area contributed by atoms with E-state index in [9.17, 15) is 13.2 Å². The van der Waals surface area contributed by atoms with Gasteiger partial charge in [-0.3, -0.25) is 0 Å². The minimum Gasteiger partial charge on any atom is -0.317 e. The minimum atomic E-state index is -4.01. The zero-order chi connectivity index (χ0) is 10.9. The molecule has 0 atom stereocenters. The van der Waals surface area contributed by atoms with E-state index in [0.29, 0.717) is 12.4 Å². The van der Waals surface area contributed by atoms with Gasteiger partial charge in [0.15, 0.2) is 0 Å². The van der Waals surface area contributed by atoms with Crippen LogP contribution < -0.4 is 5.32 Å². The Balaban J connectivity index is 2.99. The van der Waals surface area contributed by atoms with Crippen molar-refractivity contribution in [1.29, 1.82) is 0 Å². The highest BCUT2D eigenvalue weighted by atomic mass is 35.5. The van der Waals surface area contributed by atoms with E-state index in [-0.39, 0.29) is 6.42 Å². The van der Waals surface area contributed by atoms with E-state index in [1.165, 1.54) is 0 Å². The zero-order valence-electron chi connectivity index (χ0n) is 8.17. The highest BCUT2D eigenvalue weighted by Gasteiger charge is 2.25. The fourth-order valence-corrected chi connectivity index (χ4v) is 1.25. The summed E-state index contributed by atoms with van der Waals surface area (Å²) in [6, 6.07) is 0. The second-order valence-corrected chi connectivity index (χ2v) is 3.60. The lowest BCUT2D eigenvalue weighted by atomic mass is 10.2. The average molecular weight is 232 g/mol. The molecule has 5 heteroatoms. The molecule has 0 spiro atoms. The number of unbranched alkanes of at least 4 members (excludes halogenated alkanes) is 2. The second-order valence-electron chi connectivity index (χ2n) is 3.22. The SMILES string of the molecule is FC(F)(F)CCCNCCCCCCl. The maximum absolute atomic E-state index is 11.7. The van der Waals surface area contributed by atoms with Crippen molar-refractivity contribution < 1.29 is 13.2 Å². The predicted molar refractivity (Wildman–Crippen MR) is 52.7 cm³/mol. The molecule has 0 aromatic rings. The third-order valence-electron chi connectivity index (χ3n) is 1.80. The summed E-state index contributed by atoms with van der Waals surface area (Å²) in [5.41, 5.74) is 0. The molecule has 0 bridgehead atoms. The van der Waals surface area contributed by atoms with Crippen LogP contribution in [0.5, 0.6) is 0 Å². The normalized spacial score (nSPS) is 12.0. The molecule has 0 radical (unpaired) electrons. The minimum absolute atomic E-state index is 0.166. The molecule has 0 aliphatic rings. The van der Waals surface area contributed by atoms with E-state index in [2.05, 4.69) is 5.32 Å². The van der Waals surface area contributed by atoms with E-state index < -0.39 is 12.6 Å². The van der Waals surface area contributed by atoms with Crippen molar-refractivity contribution in [2.45, 2.75) is 38.3 Å². The van der Waals surface area contributed by atoms with E-state index in [1.807, 2.05) is 0 Å². The molecule has 0 unspecified atom stereocenters. The van der Waals surface area contributed by atoms with E-state index >= 15 is 0 Å². The third-order valence-corrected chi connectivity index (χ3v) is 2.07. The van der Waals surface area contributed by atoms with Gasteiger partial charge >= 0.3 is 6.18 Å². The van der Waals surface area contributed by atoms with Crippen LogP contribution in [-0.4, -0.2) is 25.1 Å². The highest BCUT2D eigenvalue weighted by molar-refractivity contribution is 6.17. The van der Waals surface area contributed by atoms with Gasteiger partial charge in [-0.1, -0.05) is 6.42 Å². The molecule has 0 aliphatic heterocycles. The fraction of sp³-hybridized carbons (Fsp3) is 1.00. The third kappa shape index (κ3) is 12.0. The van der Waals surface area contributed by atoms with Crippen molar-refractivity contribution in [3.05, 3.63) is 0 Å². The standard InChI is InChI=1S/C9H17ClF3N/c10-6-2-1-3-7-14-8-4-5-9(11,12)13/h14H,1-8H2. The Kier molecular flexibility index (Phi) is 8.38. The van der Waals surface area contributed by atoms with Crippen LogP contribution in [0.25, 0.3) is 0 Å². The molecule has 0 heterocycles. The summed E-state index contributed by atoms with van der Waals surface area (Å²) in [5, 5.41) is 2.97. The van der Waals surface area contributed by atoms with Crippen LogP contribution >= 0.6 is 11.6 Å². The smallest absolute Gasteiger partial charge is 0.317 e. The molecule has 0 fully saturated rings. The van der Waals surface area contributed by atoms with Gasteiger partial charge in [0.2, 0.25) is 0 Å². The number of rotatable bonds is 8. The van der Waals surface area contributed by atoms with Gasteiger partial charge in [0.25, 0.3) is 0 Å². The van der Waals surface area contributed by atoms with Crippen LogP contribution in [0.1, 0.15) is 32.1 Å². The first-order valence-corrected chi connectivity index (χ1v) is 5.43. The lowest BCUT2D eigenvalue weighted by Gasteiger charge is -2.06. The van der Waals surface area contributed by atoms with E-state index in [0.717, 1.165) is 25.8 Å². The summed E-state index contributed by atoms with van der Waals surface area (Å²) in [7, 11) is 0. The van der Waals surface area contributed by atoms with Gasteiger partial charge < -0.3 is 5.32 Å². The number of nitrogens with one attached hydrogen (secondary N) is 1. The quantitative estimate of drug-likeness (QED) is 0.499. The number of halogens is 4. The summed E-state index contributed by atoms with van der Waals surface area (Å²) in [6.07, 6.45) is -1.54. The Morgan fingerprint density at radius 1 is 0.929 bits per heavy atom. The molecule has 86 valence electrons. The van der Waals surface area contributed by atoms with Gasteiger partial charge in [0.05, 0.1) is 0 Å². The van der Waals surface area contributed by atoms with Crippen molar-refractivity contribution in [3.8, 4) is 0 Å². The maximum atomic E-state index is 11.7. The predicted octanol–water partition coefficient (Wildman–Crippen LogP) is 3.33. The molecule has 0 aromatic carbocycles. The molecule has 0 aliphatic carbocycles. The Hall–Kier alpha value is 0.0400. The molecular weight excluding hydrogens is 215 g/mol. The van der Waals surface area contributed by atoms with Gasteiger partial charge in [-0.05, 0) is 32.4 Å². The van der Waals surface area contributed by atoms with Crippen molar-refractivity contribution in [1.82, 2.24) is 5.32 Å². The number of alkyl halides is 4. The number of hydrogen-bond acceptors (Lipinski definition) is 1. The molecule has 0 amide bonds. The van der Waals surface area contributed by atoms with Crippen LogP contribution in [0.2, 0.25) is 0 Å². The summed E-state index contributed by atoms with van der Waals surface area (Å²) in [5.74, 6) is 0.661. The van der Waals surface area contributed by atoms with Gasteiger partial charge in [0, 0.05) is 12.3 Å². The molecule has 14 heavy (non-hydrogen) atoms. The largest absolute Gasteiger partial charge is 0.389 e. The Morgan fingerprint density at radius 2 is 1.57 bits per heavy atom. The van der Waals surface area contributed by atoms with Crippen LogP contribution in [0.15, 0.2) is 0 Å². The van der Waals surface area contributed by atoms with Crippen molar-refractivity contribution >= 4 is 11.6 Å². The first kappa shape index (κ1) is 14.0. The monoisotopic (exact) mass is 231 g/mol. The summed E-state index contributed by atoms with van der Waals surface area (Å²) < 4.78 is 35.1. The van der Waals surface area contributed by atoms with Crippen molar-refractivity contribution in [3.63, 3.8) is 0 Å². The first-order valence-electron chi connectivity index (χ1n) is 4.89. The van der Waals surface area contributed by atoms with E-state index in [1.54, 1.807) is 0 Å². The lowest BCUT2D eigenvalue weighted by Crippen LogP contribution is -2.19. The Labute approximate surface area is 88.0 Å². The zero-order valence-corrected chi connectivity index (χ0v) is 8.92. The summed E-state index contributed by atoms with van der Waals surface area (Å²) in [4.78, 5) is 0. The van der Waals surface area contributed by atoms with Crippen LogP contribution in [0.3, 0.4) is 0 Å². The van der Waals surface area contributed by atoms with E-state index in [4.69, 9.17) is 11.6 Å². The Morgan fingerprint density at radius 3 is 2.14 bits per heavy atom. The number of hydrogen-bond donors (Lipinski definition) is 1. The van der Waals surface area contributed by atoms with Gasteiger partial charge in [-0.25, -0.2) is 0 Å². The summed E-state index contributed by atoms with van der Waals surface area (Å²) in [6.45, 7) is 1.23. The molecule has 0 saturated carbocycles. The van der Waals surface area contributed by atoms with Crippen LogP contribution in [0, 0.1) is 0 Å². The van der Waals surface area contributed by atoms with Crippen molar-refractivity contribution in [2.24, 2.45) is 0 Å². The van der Waals surface area contributed by atoms with Gasteiger partial charge in [0.1, 0.15) is 0 Å². The summed E-state index contributed by atoms with van der Waals surface area (Å²) >= 11 is 5.47. The van der Waals surface area contributed by atoms with Gasteiger partial charge in [-0.2, -0.15) is 13.2 Å². The lowest BCUT2D eigenvalue weighted by molar-refractivity contribution is -0.135. The molecular formula is C9H17ClF3N. The fourth-order valence-electron chi connectivity index (χ4n) is 1.06. The first-order chi connectivity index (χ1) is 6.56.